The fourth-order valence-corrected chi connectivity index (χ4v) is 9.08. The Hall–Kier alpha value is -8.87. The van der Waals surface area contributed by atoms with Crippen molar-refractivity contribution in [2.75, 3.05) is 0 Å². The molecule has 0 aliphatic heterocycles. The molecule has 0 saturated heterocycles. The van der Waals surface area contributed by atoms with Crippen LogP contribution in [0.4, 0.5) is 0 Å². The summed E-state index contributed by atoms with van der Waals surface area (Å²) in [5, 5.41) is 19.4. The molecule has 0 bridgehead atoms. The first-order valence-corrected chi connectivity index (χ1v) is 21.6. The van der Waals surface area contributed by atoms with Crippen LogP contribution in [-0.2, 0) is 4.79 Å². The number of ketones is 1. The van der Waals surface area contributed by atoms with Crippen LogP contribution in [0.5, 0.6) is 11.5 Å². The summed E-state index contributed by atoms with van der Waals surface area (Å²) in [4.78, 5) is 38.4. The van der Waals surface area contributed by atoms with Crippen molar-refractivity contribution in [1.29, 1.82) is 0 Å². The van der Waals surface area contributed by atoms with Crippen molar-refractivity contribution in [3.8, 4) is 11.5 Å². The van der Waals surface area contributed by atoms with Crippen LogP contribution in [-0.4, -0.2) is 27.9 Å². The molecule has 8 aromatic rings. The Morgan fingerprint density at radius 1 is 0.318 bits per heavy atom. The highest BCUT2D eigenvalue weighted by Gasteiger charge is 2.36. The first-order valence-electron chi connectivity index (χ1n) is 21.6. The molecule has 2 N–H and O–H groups in total. The maximum Gasteiger partial charge on any atom is 0.335 e. The Labute approximate surface area is 382 Å². The van der Waals surface area contributed by atoms with Gasteiger partial charge in [0.2, 0.25) is 0 Å². The summed E-state index contributed by atoms with van der Waals surface area (Å²) in [5.41, 5.74) is 14.7. The van der Waals surface area contributed by atoms with Crippen LogP contribution in [0.15, 0.2) is 218 Å². The van der Waals surface area contributed by atoms with Crippen molar-refractivity contribution in [3.63, 3.8) is 0 Å². The molecule has 2 aliphatic carbocycles. The molecule has 0 amide bonds. The molecule has 10 rings (SSSR count). The second-order valence-corrected chi connectivity index (χ2v) is 16.1. The van der Waals surface area contributed by atoms with Gasteiger partial charge in [-0.1, -0.05) is 170 Å². The van der Waals surface area contributed by atoms with Gasteiger partial charge >= 0.3 is 11.9 Å². The molecule has 66 heavy (non-hydrogen) atoms. The van der Waals surface area contributed by atoms with E-state index in [-0.39, 0.29) is 16.9 Å². The lowest BCUT2D eigenvalue weighted by Crippen LogP contribution is -2.02. The molecule has 0 saturated carbocycles. The molecule has 0 aromatic heterocycles. The van der Waals surface area contributed by atoms with Crippen LogP contribution < -0.4 is 4.74 Å². The van der Waals surface area contributed by atoms with Gasteiger partial charge in [-0.3, -0.25) is 4.79 Å². The zero-order valence-electron chi connectivity index (χ0n) is 35.5. The predicted molar refractivity (Wildman–Crippen MR) is 262 cm³/mol. The van der Waals surface area contributed by atoms with E-state index in [1.807, 2.05) is 146 Å². The summed E-state index contributed by atoms with van der Waals surface area (Å²) >= 11 is 0. The quantitative estimate of drug-likeness (QED) is 0.127. The molecule has 0 fully saturated rings. The standard InChI is InChI=1S/C60H40O6/c61-58-56(40-17-9-3-10-18-40)54(44-23-27-47(28-24-44)60(64)65)55(57(58)41-19-11-4-12-20-41)45-31-35-49(36-32-45)66-48-33-29-43(30-34-48)53-51(39-15-7-2-8-16-39)37-50(38-13-5-1-6-14-38)52(53)42-21-25-46(26-22-42)59(62)63/h1-36H,37H2,(H,62,63)(H,64,65). The number of carbonyl (C=O) groups is 3. The highest BCUT2D eigenvalue weighted by atomic mass is 16.5. The number of hydrogen-bond donors (Lipinski definition) is 2. The molecule has 2 aliphatic rings. The number of aromatic carboxylic acids is 2. The maximum absolute atomic E-state index is 14.7. The van der Waals surface area contributed by atoms with Crippen molar-refractivity contribution >= 4 is 62.3 Å². The zero-order chi connectivity index (χ0) is 45.1. The van der Waals surface area contributed by atoms with Gasteiger partial charge in [0.15, 0.2) is 5.78 Å². The van der Waals surface area contributed by atoms with Gasteiger partial charge in [0.05, 0.1) is 11.1 Å². The number of carbonyl (C=O) groups excluding carboxylic acids is 1. The molecule has 0 spiro atoms. The molecule has 0 radical (unpaired) electrons. The smallest absolute Gasteiger partial charge is 0.335 e. The largest absolute Gasteiger partial charge is 0.478 e. The van der Waals surface area contributed by atoms with Crippen molar-refractivity contribution in [2.45, 2.75) is 6.42 Å². The van der Waals surface area contributed by atoms with Gasteiger partial charge in [0.1, 0.15) is 11.5 Å². The Morgan fingerprint density at radius 3 is 0.909 bits per heavy atom. The van der Waals surface area contributed by atoms with Gasteiger partial charge in [0.25, 0.3) is 0 Å². The number of carboxylic acid groups (broad SMARTS) is 2. The van der Waals surface area contributed by atoms with Crippen LogP contribution in [0.3, 0.4) is 0 Å². The van der Waals surface area contributed by atoms with Gasteiger partial charge in [-0.25, -0.2) is 9.59 Å². The van der Waals surface area contributed by atoms with Crippen LogP contribution in [0.2, 0.25) is 0 Å². The minimum absolute atomic E-state index is 0.112. The average Bonchev–Trinajstić information content (AvgIpc) is 3.92. The summed E-state index contributed by atoms with van der Waals surface area (Å²) in [5.74, 6) is -0.866. The summed E-state index contributed by atoms with van der Waals surface area (Å²) in [6.45, 7) is 0. The van der Waals surface area contributed by atoms with Crippen LogP contribution in [0.1, 0.15) is 71.6 Å². The first kappa shape index (κ1) is 41.2. The Kier molecular flexibility index (Phi) is 11.0. The molecule has 6 heteroatoms. The summed E-state index contributed by atoms with van der Waals surface area (Å²) in [6.07, 6.45) is 0.690. The number of benzene rings is 8. The van der Waals surface area contributed by atoms with Crippen molar-refractivity contribution < 1.29 is 29.3 Å². The second kappa shape index (κ2) is 17.7. The molecule has 0 atom stereocenters. The predicted octanol–water partition coefficient (Wildman–Crippen LogP) is 13.9. The third-order valence-corrected chi connectivity index (χ3v) is 12.1. The lowest BCUT2D eigenvalue weighted by atomic mass is 9.89. The van der Waals surface area contributed by atoms with Crippen LogP contribution in [0.25, 0.3) is 44.6 Å². The fourth-order valence-electron chi connectivity index (χ4n) is 9.08. The first-order chi connectivity index (χ1) is 32.3. The van der Waals surface area contributed by atoms with Crippen LogP contribution >= 0.6 is 0 Å². The lowest BCUT2D eigenvalue weighted by molar-refractivity contribution is -0.108. The van der Waals surface area contributed by atoms with Crippen LogP contribution in [0, 0.1) is 0 Å². The van der Waals surface area contributed by atoms with E-state index in [0.717, 1.165) is 72.4 Å². The Morgan fingerprint density at radius 2 is 0.591 bits per heavy atom. The van der Waals surface area contributed by atoms with E-state index >= 15 is 0 Å². The molecular formula is C60H40O6. The molecule has 6 nitrogen and oxygen atoms in total. The minimum Gasteiger partial charge on any atom is -0.478 e. The fraction of sp³-hybridized carbons (Fsp3) is 0.0167. The number of allylic oxidation sites excluding steroid dienone is 8. The van der Waals surface area contributed by atoms with E-state index in [1.54, 1.807) is 36.4 Å². The van der Waals surface area contributed by atoms with Crippen molar-refractivity contribution in [1.82, 2.24) is 0 Å². The minimum atomic E-state index is -1.02. The summed E-state index contributed by atoms with van der Waals surface area (Å²) in [7, 11) is 0. The third-order valence-electron chi connectivity index (χ3n) is 12.1. The highest BCUT2D eigenvalue weighted by molar-refractivity contribution is 6.59. The van der Waals surface area contributed by atoms with Gasteiger partial charge in [0, 0.05) is 22.3 Å². The number of carboxylic acids is 2. The second-order valence-electron chi connectivity index (χ2n) is 16.1. The van der Waals surface area contributed by atoms with E-state index in [4.69, 9.17) is 4.74 Å². The van der Waals surface area contributed by atoms with Crippen molar-refractivity contribution in [3.05, 3.63) is 274 Å². The number of Topliss-reactive ketones (excluding diaryl/α,β-unsaturated/α-hetero) is 1. The molecule has 8 aromatic carbocycles. The number of hydrogen-bond acceptors (Lipinski definition) is 4. The van der Waals surface area contributed by atoms with E-state index in [2.05, 4.69) is 36.4 Å². The zero-order valence-corrected chi connectivity index (χ0v) is 35.5. The molecule has 0 unspecified atom stereocenters. The third kappa shape index (κ3) is 7.89. The van der Waals surface area contributed by atoms with E-state index in [9.17, 15) is 24.6 Å². The van der Waals surface area contributed by atoms with E-state index in [0.29, 0.717) is 29.1 Å². The van der Waals surface area contributed by atoms with Crippen molar-refractivity contribution in [2.24, 2.45) is 0 Å². The normalized spacial score (nSPS) is 13.7. The van der Waals surface area contributed by atoms with Gasteiger partial charge < -0.3 is 14.9 Å². The SMILES string of the molecule is O=C1C(c2ccccc2)=C(c2ccc(Oc3ccc(C4=C(c5ccccc5)CC(c5ccccc5)=C4c4ccc(C(=O)O)cc4)cc3)cc2)C(c2ccc(C(=O)O)cc2)=C1c1ccccc1. The lowest BCUT2D eigenvalue weighted by Gasteiger charge is -2.16. The number of rotatable bonds is 12. The topological polar surface area (TPSA) is 101 Å². The van der Waals surface area contributed by atoms with E-state index < -0.39 is 11.9 Å². The Balaban J connectivity index is 1.03. The van der Waals surface area contributed by atoms with Gasteiger partial charge in [-0.05, 0) is 122 Å². The highest BCUT2D eigenvalue weighted by Crippen LogP contribution is 2.53. The summed E-state index contributed by atoms with van der Waals surface area (Å²) in [6, 6.07) is 69.5. The summed E-state index contributed by atoms with van der Waals surface area (Å²) < 4.78 is 6.50. The van der Waals surface area contributed by atoms with Gasteiger partial charge in [-0.2, -0.15) is 0 Å². The molecule has 316 valence electrons. The average molecular weight is 857 g/mol. The van der Waals surface area contributed by atoms with Gasteiger partial charge in [-0.15, -0.1) is 0 Å². The maximum atomic E-state index is 14.7. The molecular weight excluding hydrogens is 817 g/mol. The Bertz CT molecular complexity index is 3270. The number of ether oxygens (including phenoxy) is 1. The monoisotopic (exact) mass is 856 g/mol. The molecule has 0 heterocycles. The van der Waals surface area contributed by atoms with E-state index in [1.165, 1.54) is 5.57 Å².